The number of rotatable bonds is 11. The first-order chi connectivity index (χ1) is 13.0. The molecule has 0 saturated heterocycles. The van der Waals surface area contributed by atoms with Crippen LogP contribution >= 0.6 is 0 Å². The summed E-state index contributed by atoms with van der Waals surface area (Å²) in [6.45, 7) is 0.542. The summed E-state index contributed by atoms with van der Waals surface area (Å²) in [7, 11) is 1.28. The molecule has 148 valence electrons. The minimum absolute atomic E-state index is 0.0297. The van der Waals surface area contributed by atoms with E-state index < -0.39 is 17.9 Å². The van der Waals surface area contributed by atoms with Crippen molar-refractivity contribution in [2.24, 2.45) is 5.73 Å². The Morgan fingerprint density at radius 3 is 2.67 bits per heavy atom. The summed E-state index contributed by atoms with van der Waals surface area (Å²) in [5.41, 5.74) is 8.14. The van der Waals surface area contributed by atoms with Gasteiger partial charge in [0.1, 0.15) is 6.04 Å². The molecular formula is C20H28N2O5. The van der Waals surface area contributed by atoms with Gasteiger partial charge in [0.2, 0.25) is 5.91 Å². The average Bonchev–Trinajstić information content (AvgIpc) is 2.99. The fraction of sp³-hybridized carbons (Fsp3) is 0.550. The first-order valence-electron chi connectivity index (χ1n) is 9.38. The van der Waals surface area contributed by atoms with E-state index in [1.165, 1.54) is 12.0 Å². The lowest BCUT2D eigenvalue weighted by atomic mass is 9.98. The molecule has 0 unspecified atom stereocenters. The normalized spacial score (nSPS) is 14.1. The Labute approximate surface area is 159 Å². The number of benzene rings is 1. The van der Waals surface area contributed by atoms with Crippen LogP contribution in [-0.2, 0) is 27.3 Å². The van der Waals surface area contributed by atoms with Crippen LogP contribution in [0.25, 0.3) is 0 Å². The number of nitrogens with zero attached hydrogens (tertiary/aromatic N) is 1. The van der Waals surface area contributed by atoms with Crippen molar-refractivity contribution in [2.45, 2.75) is 57.5 Å². The number of carbonyl (C=O) groups excluding carboxylic acids is 3. The molecule has 7 nitrogen and oxygen atoms in total. The van der Waals surface area contributed by atoms with Gasteiger partial charge in [0.25, 0.3) is 5.91 Å². The molecule has 1 atom stereocenters. The van der Waals surface area contributed by atoms with Gasteiger partial charge < -0.3 is 20.5 Å². The number of hydrogen-bond acceptors (Lipinski definition) is 5. The molecule has 1 aromatic carbocycles. The fourth-order valence-electron chi connectivity index (χ4n) is 3.49. The van der Waals surface area contributed by atoms with Crippen LogP contribution in [0.2, 0.25) is 0 Å². The zero-order chi connectivity index (χ0) is 19.8. The molecule has 3 N–H and O–H groups in total. The van der Waals surface area contributed by atoms with E-state index in [0.717, 1.165) is 43.2 Å². The quantitative estimate of drug-likeness (QED) is 0.450. The average molecular weight is 376 g/mol. The van der Waals surface area contributed by atoms with E-state index in [-0.39, 0.29) is 25.4 Å². The van der Waals surface area contributed by atoms with Crippen LogP contribution in [-0.4, -0.2) is 47.5 Å². The van der Waals surface area contributed by atoms with E-state index in [9.17, 15) is 14.4 Å². The Morgan fingerprint density at radius 1 is 1.26 bits per heavy atom. The molecule has 2 rings (SSSR count). The van der Waals surface area contributed by atoms with Gasteiger partial charge in [-0.15, -0.1) is 0 Å². The number of aryl methyl sites for hydroxylation is 1. The number of primary amides is 1. The van der Waals surface area contributed by atoms with Crippen molar-refractivity contribution < 1.29 is 24.2 Å². The molecule has 1 heterocycles. The third-order valence-electron chi connectivity index (χ3n) is 5.00. The molecule has 7 heteroatoms. The summed E-state index contributed by atoms with van der Waals surface area (Å²) >= 11 is 0. The number of methoxy groups -OCH3 is 1. The summed E-state index contributed by atoms with van der Waals surface area (Å²) in [5, 5.41) is 8.85. The largest absolute Gasteiger partial charge is 0.469 e. The van der Waals surface area contributed by atoms with Gasteiger partial charge in [-0.1, -0.05) is 25.0 Å². The molecule has 0 aliphatic carbocycles. The van der Waals surface area contributed by atoms with Crippen molar-refractivity contribution in [1.29, 1.82) is 0 Å². The molecule has 2 amide bonds. The highest BCUT2D eigenvalue weighted by Gasteiger charge is 2.36. The molecule has 27 heavy (non-hydrogen) atoms. The first-order valence-corrected chi connectivity index (χ1v) is 9.38. The smallest absolute Gasteiger partial charge is 0.305 e. The molecule has 0 bridgehead atoms. The minimum atomic E-state index is -0.832. The summed E-state index contributed by atoms with van der Waals surface area (Å²) < 4.78 is 4.61. The number of aliphatic hydroxyl groups excluding tert-OH is 1. The highest BCUT2D eigenvalue weighted by molar-refractivity contribution is 6.01. The number of unbranched alkanes of at least 4 members (excludes halogenated alkanes) is 3. The van der Waals surface area contributed by atoms with Crippen LogP contribution < -0.4 is 5.73 Å². The van der Waals surface area contributed by atoms with Crippen molar-refractivity contribution >= 4 is 17.8 Å². The standard InChI is InChI=1S/C20H28N2O5/c1-27-18(24)11-10-17(19(21)25)22-13-16-14(7-4-2-3-5-12-23)8-6-9-15(16)20(22)26/h6,8-9,17,23H,2-5,7,10-13H2,1H3,(H2,21,25)/t17-/m0/s1. The lowest BCUT2D eigenvalue weighted by Gasteiger charge is -2.24. The summed E-state index contributed by atoms with van der Waals surface area (Å²) in [5.74, 6) is -1.28. The highest BCUT2D eigenvalue weighted by Crippen LogP contribution is 2.29. The summed E-state index contributed by atoms with van der Waals surface area (Å²) in [4.78, 5) is 37.6. The summed E-state index contributed by atoms with van der Waals surface area (Å²) in [6, 6.07) is 4.80. The van der Waals surface area contributed by atoms with Gasteiger partial charge >= 0.3 is 5.97 Å². The highest BCUT2D eigenvalue weighted by atomic mass is 16.5. The van der Waals surface area contributed by atoms with Gasteiger partial charge in [0, 0.05) is 25.1 Å². The number of esters is 1. The van der Waals surface area contributed by atoms with Crippen molar-refractivity contribution in [2.75, 3.05) is 13.7 Å². The zero-order valence-corrected chi connectivity index (χ0v) is 15.8. The molecule has 0 spiro atoms. The van der Waals surface area contributed by atoms with E-state index >= 15 is 0 Å². The Morgan fingerprint density at radius 2 is 2.00 bits per heavy atom. The van der Waals surface area contributed by atoms with Gasteiger partial charge in [-0.05, 0) is 42.9 Å². The monoisotopic (exact) mass is 376 g/mol. The second-order valence-corrected chi connectivity index (χ2v) is 6.80. The third kappa shape index (κ3) is 5.29. The van der Waals surface area contributed by atoms with E-state index in [4.69, 9.17) is 10.8 Å². The molecule has 0 saturated carbocycles. The van der Waals surface area contributed by atoms with Gasteiger partial charge in [0.05, 0.1) is 7.11 Å². The number of ether oxygens (including phenoxy) is 1. The SMILES string of the molecule is COC(=O)CC[C@@H](C(N)=O)N1Cc2c(CCCCCCO)cccc2C1=O. The lowest BCUT2D eigenvalue weighted by molar-refractivity contribution is -0.141. The zero-order valence-electron chi connectivity index (χ0n) is 15.8. The van der Waals surface area contributed by atoms with Crippen LogP contribution in [0.4, 0.5) is 0 Å². The van der Waals surface area contributed by atoms with Gasteiger partial charge in [-0.25, -0.2) is 0 Å². The van der Waals surface area contributed by atoms with E-state index in [1.807, 2.05) is 12.1 Å². The van der Waals surface area contributed by atoms with Crippen molar-refractivity contribution in [3.8, 4) is 0 Å². The van der Waals surface area contributed by atoms with Crippen LogP contribution in [0, 0.1) is 0 Å². The van der Waals surface area contributed by atoms with Crippen molar-refractivity contribution in [3.63, 3.8) is 0 Å². The Balaban J connectivity index is 2.09. The van der Waals surface area contributed by atoms with E-state index in [1.54, 1.807) is 6.07 Å². The van der Waals surface area contributed by atoms with Crippen molar-refractivity contribution in [3.05, 3.63) is 34.9 Å². The van der Waals surface area contributed by atoms with Crippen LogP contribution in [0.3, 0.4) is 0 Å². The molecular weight excluding hydrogens is 348 g/mol. The van der Waals surface area contributed by atoms with E-state index in [0.29, 0.717) is 12.1 Å². The lowest BCUT2D eigenvalue weighted by Crippen LogP contribution is -2.45. The Bertz CT molecular complexity index is 689. The fourth-order valence-corrected chi connectivity index (χ4v) is 3.49. The third-order valence-corrected chi connectivity index (χ3v) is 5.00. The number of fused-ring (bicyclic) bond motifs is 1. The molecule has 0 fully saturated rings. The number of carbonyl (C=O) groups is 3. The Kier molecular flexibility index (Phi) is 7.79. The number of nitrogens with two attached hydrogens (primary N) is 1. The molecule has 1 aliphatic heterocycles. The number of aliphatic hydroxyl groups is 1. The molecule has 1 aliphatic rings. The van der Waals surface area contributed by atoms with Crippen LogP contribution in [0.15, 0.2) is 18.2 Å². The van der Waals surface area contributed by atoms with Crippen LogP contribution in [0.1, 0.15) is 60.0 Å². The maximum Gasteiger partial charge on any atom is 0.305 e. The first kappa shape index (κ1) is 20.9. The molecule has 0 radical (unpaired) electrons. The maximum atomic E-state index is 12.8. The second-order valence-electron chi connectivity index (χ2n) is 6.80. The predicted molar refractivity (Wildman–Crippen MR) is 99.8 cm³/mol. The number of hydrogen-bond donors (Lipinski definition) is 2. The van der Waals surface area contributed by atoms with Gasteiger partial charge in [-0.2, -0.15) is 0 Å². The summed E-state index contributed by atoms with van der Waals surface area (Å²) in [6.07, 6.45) is 4.81. The van der Waals surface area contributed by atoms with Gasteiger partial charge in [-0.3, -0.25) is 14.4 Å². The topological polar surface area (TPSA) is 110 Å². The van der Waals surface area contributed by atoms with Gasteiger partial charge in [0.15, 0.2) is 0 Å². The van der Waals surface area contributed by atoms with Crippen LogP contribution in [0.5, 0.6) is 0 Å². The Hall–Kier alpha value is -2.41. The maximum absolute atomic E-state index is 12.8. The minimum Gasteiger partial charge on any atom is -0.469 e. The predicted octanol–water partition coefficient (Wildman–Crippen LogP) is 1.54. The second kappa shape index (κ2) is 10.1. The van der Waals surface area contributed by atoms with Crippen molar-refractivity contribution in [1.82, 2.24) is 4.90 Å². The molecule has 0 aromatic heterocycles. The number of amides is 2. The molecule has 1 aromatic rings. The van der Waals surface area contributed by atoms with E-state index in [2.05, 4.69) is 4.74 Å².